The molecule has 24 heavy (non-hydrogen) atoms. The normalized spacial score (nSPS) is 15.2. The molecule has 0 spiro atoms. The highest BCUT2D eigenvalue weighted by Crippen LogP contribution is 2.21. The quantitative estimate of drug-likeness (QED) is 0.874. The number of aromatic nitrogens is 1. The summed E-state index contributed by atoms with van der Waals surface area (Å²) in [7, 11) is 0. The first-order chi connectivity index (χ1) is 11.0. The topological polar surface area (TPSA) is 62.5 Å². The molecule has 2 aromatic rings. The van der Waals surface area contributed by atoms with Crippen LogP contribution in [0.1, 0.15) is 15.2 Å². The third-order valence-electron chi connectivity index (χ3n) is 3.77. The van der Waals surface area contributed by atoms with E-state index in [0.717, 1.165) is 24.5 Å². The number of carbonyl (C=O) groups is 1. The van der Waals surface area contributed by atoms with Crippen LogP contribution in [0.25, 0.3) is 0 Å². The predicted molar refractivity (Wildman–Crippen MR) is 96.4 cm³/mol. The van der Waals surface area contributed by atoms with Gasteiger partial charge in [0.25, 0.3) is 5.91 Å². The van der Waals surface area contributed by atoms with Crippen molar-refractivity contribution in [1.82, 2.24) is 14.8 Å². The summed E-state index contributed by atoms with van der Waals surface area (Å²) in [4.78, 5) is 21.6. The van der Waals surface area contributed by atoms with Gasteiger partial charge in [-0.05, 0) is 18.2 Å². The Balaban J connectivity index is 0.00000208. The number of anilines is 1. The van der Waals surface area contributed by atoms with Gasteiger partial charge in [-0.25, -0.2) is 9.37 Å². The summed E-state index contributed by atoms with van der Waals surface area (Å²) in [6.07, 6.45) is 1.79. The molecule has 1 aliphatic rings. The second kappa shape index (κ2) is 8.11. The fourth-order valence-corrected chi connectivity index (χ4v) is 3.53. The van der Waals surface area contributed by atoms with Gasteiger partial charge in [0, 0.05) is 43.8 Å². The van der Waals surface area contributed by atoms with Crippen LogP contribution in [0.3, 0.4) is 0 Å². The number of amides is 1. The van der Waals surface area contributed by atoms with Crippen LogP contribution in [0, 0.1) is 5.82 Å². The minimum absolute atomic E-state index is 0. The van der Waals surface area contributed by atoms with Gasteiger partial charge in [0.2, 0.25) is 0 Å². The number of piperazine rings is 1. The molecule has 1 fully saturated rings. The highest BCUT2D eigenvalue weighted by molar-refractivity contribution is 7.15. The maximum atomic E-state index is 13.1. The van der Waals surface area contributed by atoms with E-state index in [-0.39, 0.29) is 23.3 Å². The molecule has 1 aliphatic heterocycles. The lowest BCUT2D eigenvalue weighted by Gasteiger charge is -2.34. The van der Waals surface area contributed by atoms with Crippen molar-refractivity contribution in [2.24, 2.45) is 0 Å². The molecule has 1 aromatic carbocycles. The van der Waals surface area contributed by atoms with Crippen molar-refractivity contribution in [3.8, 4) is 0 Å². The molecule has 2 N–H and O–H groups in total. The van der Waals surface area contributed by atoms with Crippen molar-refractivity contribution < 1.29 is 9.18 Å². The third kappa shape index (κ3) is 4.36. The molecule has 2 heterocycles. The van der Waals surface area contributed by atoms with Crippen LogP contribution in [0.4, 0.5) is 9.52 Å². The van der Waals surface area contributed by atoms with Gasteiger partial charge >= 0.3 is 0 Å². The molecule has 130 valence electrons. The zero-order chi connectivity index (χ0) is 16.4. The summed E-state index contributed by atoms with van der Waals surface area (Å²) >= 11 is 7.45. The Labute approximate surface area is 154 Å². The van der Waals surface area contributed by atoms with Gasteiger partial charge in [-0.15, -0.1) is 23.7 Å². The van der Waals surface area contributed by atoms with Crippen molar-refractivity contribution in [2.75, 3.05) is 31.9 Å². The molecule has 9 heteroatoms. The first kappa shape index (κ1) is 18.9. The maximum Gasteiger partial charge on any atom is 0.255 e. The summed E-state index contributed by atoms with van der Waals surface area (Å²) in [5.74, 6) is -0.600. The highest BCUT2D eigenvalue weighted by Gasteiger charge is 2.24. The van der Waals surface area contributed by atoms with Gasteiger partial charge in [-0.3, -0.25) is 9.69 Å². The first-order valence-corrected chi connectivity index (χ1v) is 8.39. The van der Waals surface area contributed by atoms with E-state index in [1.807, 2.05) is 0 Å². The van der Waals surface area contributed by atoms with Crippen LogP contribution in [0.15, 0.2) is 24.4 Å². The van der Waals surface area contributed by atoms with Crippen LogP contribution in [-0.4, -0.2) is 46.9 Å². The zero-order valence-electron chi connectivity index (χ0n) is 12.7. The molecule has 0 aliphatic carbocycles. The summed E-state index contributed by atoms with van der Waals surface area (Å²) < 4.78 is 13.1. The van der Waals surface area contributed by atoms with Crippen molar-refractivity contribution in [2.45, 2.75) is 6.54 Å². The average molecular weight is 391 g/mol. The summed E-state index contributed by atoms with van der Waals surface area (Å²) in [6, 6.07) is 3.86. The minimum atomic E-state index is -0.444. The number of halogens is 3. The zero-order valence-corrected chi connectivity index (χ0v) is 15.1. The van der Waals surface area contributed by atoms with Crippen LogP contribution in [0.5, 0.6) is 0 Å². The fourth-order valence-electron chi connectivity index (χ4n) is 2.56. The molecule has 5 nitrogen and oxygen atoms in total. The smallest absolute Gasteiger partial charge is 0.255 e. The number of rotatable bonds is 3. The van der Waals surface area contributed by atoms with Gasteiger partial charge in [-0.1, -0.05) is 11.6 Å². The molecule has 1 saturated heterocycles. The Bertz CT molecular complexity index is 719. The number of hydrogen-bond donors (Lipinski definition) is 1. The highest BCUT2D eigenvalue weighted by atomic mass is 35.5. The number of nitrogens with zero attached hydrogens (tertiary/aromatic N) is 3. The second-order valence-corrected chi connectivity index (χ2v) is 6.91. The fraction of sp³-hybridized carbons (Fsp3) is 0.333. The molecule has 0 atom stereocenters. The number of carbonyl (C=O) groups excluding carboxylic acids is 1. The summed E-state index contributed by atoms with van der Waals surface area (Å²) in [6.45, 7) is 3.54. The van der Waals surface area contributed by atoms with Gasteiger partial charge in [-0.2, -0.15) is 0 Å². The Morgan fingerprint density at radius 1 is 1.33 bits per heavy atom. The van der Waals surface area contributed by atoms with E-state index >= 15 is 0 Å². The van der Waals surface area contributed by atoms with E-state index in [0.29, 0.717) is 23.8 Å². The standard InChI is InChI=1S/C15H16ClFN4OS.ClH/c16-13-7-10(17)1-2-12(13)14(22)21-5-3-20(4-6-21)9-11-8-19-15(18)23-11;/h1-2,7-8H,3-6,9H2,(H2,18,19);1H. The monoisotopic (exact) mass is 390 g/mol. The molecule has 0 radical (unpaired) electrons. The molecular weight excluding hydrogens is 374 g/mol. The van der Waals surface area contributed by atoms with Crippen LogP contribution in [0.2, 0.25) is 5.02 Å². The lowest BCUT2D eigenvalue weighted by molar-refractivity contribution is 0.0629. The number of nitrogen functional groups attached to an aromatic ring is 1. The molecule has 1 aromatic heterocycles. The number of thiazole rings is 1. The average Bonchev–Trinajstić information content (AvgIpc) is 2.92. The lowest BCUT2D eigenvalue weighted by atomic mass is 10.1. The van der Waals surface area contributed by atoms with Crippen molar-refractivity contribution >= 4 is 46.4 Å². The molecule has 3 rings (SSSR count). The largest absolute Gasteiger partial charge is 0.375 e. The Kier molecular flexibility index (Phi) is 6.40. The SMILES string of the molecule is Cl.Nc1ncc(CN2CCN(C(=O)c3ccc(F)cc3Cl)CC2)s1. The van der Waals surface area contributed by atoms with E-state index in [4.69, 9.17) is 17.3 Å². The molecule has 0 saturated carbocycles. The van der Waals surface area contributed by atoms with Gasteiger partial charge in [0.05, 0.1) is 10.6 Å². The van der Waals surface area contributed by atoms with E-state index < -0.39 is 5.82 Å². The molecule has 0 unspecified atom stereocenters. The number of benzene rings is 1. The Hall–Kier alpha value is -1.41. The van der Waals surface area contributed by atoms with Crippen molar-refractivity contribution in [1.29, 1.82) is 0 Å². The van der Waals surface area contributed by atoms with Crippen molar-refractivity contribution in [3.05, 3.63) is 45.7 Å². The Morgan fingerprint density at radius 3 is 2.62 bits per heavy atom. The van der Waals surface area contributed by atoms with Crippen molar-refractivity contribution in [3.63, 3.8) is 0 Å². The van der Waals surface area contributed by atoms with E-state index in [9.17, 15) is 9.18 Å². The molecule has 1 amide bonds. The summed E-state index contributed by atoms with van der Waals surface area (Å²) in [5.41, 5.74) is 5.98. The maximum absolute atomic E-state index is 13.1. The minimum Gasteiger partial charge on any atom is -0.375 e. The van der Waals surface area contributed by atoms with Crippen LogP contribution >= 0.6 is 35.3 Å². The van der Waals surface area contributed by atoms with E-state index in [2.05, 4.69) is 9.88 Å². The van der Waals surface area contributed by atoms with Gasteiger partial charge in [0.1, 0.15) is 5.82 Å². The summed E-state index contributed by atoms with van der Waals surface area (Å²) in [5, 5.41) is 0.720. The number of nitrogens with two attached hydrogens (primary N) is 1. The van der Waals surface area contributed by atoms with E-state index in [1.165, 1.54) is 29.5 Å². The van der Waals surface area contributed by atoms with Gasteiger partial charge < -0.3 is 10.6 Å². The van der Waals surface area contributed by atoms with Crippen LogP contribution in [-0.2, 0) is 6.54 Å². The lowest BCUT2D eigenvalue weighted by Crippen LogP contribution is -2.48. The second-order valence-electron chi connectivity index (χ2n) is 5.36. The Morgan fingerprint density at radius 2 is 2.04 bits per heavy atom. The van der Waals surface area contributed by atoms with Crippen LogP contribution < -0.4 is 5.73 Å². The molecular formula is C15H17Cl2FN4OS. The van der Waals surface area contributed by atoms with Gasteiger partial charge in [0.15, 0.2) is 5.13 Å². The van der Waals surface area contributed by atoms with E-state index in [1.54, 1.807) is 11.1 Å². The number of hydrogen-bond acceptors (Lipinski definition) is 5. The third-order valence-corrected chi connectivity index (χ3v) is 4.90. The predicted octanol–water partition coefficient (Wildman–Crippen LogP) is 2.90. The molecule has 0 bridgehead atoms. The first-order valence-electron chi connectivity index (χ1n) is 7.20.